The van der Waals surface area contributed by atoms with Crippen molar-refractivity contribution >= 4 is 5.91 Å². The van der Waals surface area contributed by atoms with Crippen LogP contribution in [0.3, 0.4) is 0 Å². The topological polar surface area (TPSA) is 76.2 Å². The van der Waals surface area contributed by atoms with Crippen molar-refractivity contribution in [1.29, 1.82) is 0 Å². The number of H-pyrrole nitrogens is 1. The summed E-state index contributed by atoms with van der Waals surface area (Å²) in [5.41, 5.74) is 0.540. The molecule has 0 aliphatic carbocycles. The van der Waals surface area contributed by atoms with Gasteiger partial charge in [0.2, 0.25) is 0 Å². The summed E-state index contributed by atoms with van der Waals surface area (Å²) in [4.78, 5) is 19.2. The van der Waals surface area contributed by atoms with Gasteiger partial charge < -0.3 is 19.8 Å². The van der Waals surface area contributed by atoms with Gasteiger partial charge in [0.1, 0.15) is 5.82 Å². The number of hydrogen-bond acceptors (Lipinski definition) is 4. The molecule has 1 aromatic carbocycles. The number of nitrogens with one attached hydrogen (secondary N) is 2. The number of carbonyl (C=O) groups excluding carboxylic acids is 1. The van der Waals surface area contributed by atoms with E-state index >= 15 is 0 Å². The third-order valence-corrected chi connectivity index (χ3v) is 2.93. The lowest BCUT2D eigenvalue weighted by Gasteiger charge is -2.11. The van der Waals surface area contributed by atoms with Crippen LogP contribution in [0, 0.1) is 0 Å². The number of aromatic amines is 1. The molecule has 0 aliphatic rings. The predicted octanol–water partition coefficient (Wildman–Crippen LogP) is 1.79. The van der Waals surface area contributed by atoms with Crippen LogP contribution in [-0.2, 0) is 6.42 Å². The molecule has 6 heteroatoms. The lowest BCUT2D eigenvalue weighted by Crippen LogP contribution is -2.26. The number of benzene rings is 1. The zero-order chi connectivity index (χ0) is 15.1. The average Bonchev–Trinajstić information content (AvgIpc) is 3.00. The third kappa shape index (κ3) is 3.98. The van der Waals surface area contributed by atoms with Crippen molar-refractivity contribution < 1.29 is 14.3 Å². The molecule has 0 spiro atoms. The summed E-state index contributed by atoms with van der Waals surface area (Å²) in [5, 5.41) is 2.85. The number of methoxy groups -OCH3 is 1. The maximum absolute atomic E-state index is 12.1. The quantitative estimate of drug-likeness (QED) is 0.814. The Balaban J connectivity index is 1.96. The summed E-state index contributed by atoms with van der Waals surface area (Å²) in [6.07, 6.45) is 4.11. The highest BCUT2D eigenvalue weighted by Gasteiger charge is 2.10. The molecule has 1 amide bonds. The molecule has 2 rings (SSSR count). The summed E-state index contributed by atoms with van der Waals surface area (Å²) in [7, 11) is 1.57. The Hall–Kier alpha value is -2.50. The zero-order valence-corrected chi connectivity index (χ0v) is 12.2. The van der Waals surface area contributed by atoms with Crippen LogP contribution >= 0.6 is 0 Å². The Labute approximate surface area is 123 Å². The van der Waals surface area contributed by atoms with Crippen LogP contribution < -0.4 is 14.8 Å². The molecule has 0 saturated carbocycles. The number of imidazole rings is 1. The van der Waals surface area contributed by atoms with Crippen molar-refractivity contribution in [2.45, 2.75) is 13.3 Å². The lowest BCUT2D eigenvalue weighted by atomic mass is 10.2. The Morgan fingerprint density at radius 1 is 1.38 bits per heavy atom. The lowest BCUT2D eigenvalue weighted by molar-refractivity contribution is 0.0953. The van der Waals surface area contributed by atoms with Crippen LogP contribution in [0.2, 0.25) is 0 Å². The van der Waals surface area contributed by atoms with E-state index in [1.165, 1.54) is 0 Å². The molecule has 2 aromatic rings. The first-order chi connectivity index (χ1) is 10.2. The number of amides is 1. The van der Waals surface area contributed by atoms with Gasteiger partial charge in [-0.2, -0.15) is 0 Å². The molecule has 0 saturated heterocycles. The molecule has 6 nitrogen and oxygen atoms in total. The predicted molar refractivity (Wildman–Crippen MR) is 78.8 cm³/mol. The van der Waals surface area contributed by atoms with Gasteiger partial charge in [0.05, 0.1) is 13.7 Å². The fourth-order valence-electron chi connectivity index (χ4n) is 1.92. The summed E-state index contributed by atoms with van der Waals surface area (Å²) >= 11 is 0. The second kappa shape index (κ2) is 7.33. The van der Waals surface area contributed by atoms with E-state index in [4.69, 9.17) is 9.47 Å². The Morgan fingerprint density at radius 3 is 2.90 bits per heavy atom. The van der Waals surface area contributed by atoms with Gasteiger partial charge in [-0.05, 0) is 25.1 Å². The highest BCUT2D eigenvalue weighted by atomic mass is 16.5. The molecule has 0 bridgehead atoms. The standard InChI is InChI=1S/C15H19N3O3/c1-3-21-13-10-11(4-5-12(13)20-2)15(19)18-7-6-14-16-8-9-17-14/h4-5,8-10H,3,6-7H2,1-2H3,(H,16,17)(H,18,19). The highest BCUT2D eigenvalue weighted by Crippen LogP contribution is 2.27. The van der Waals surface area contributed by atoms with E-state index in [0.717, 1.165) is 5.82 Å². The van der Waals surface area contributed by atoms with Gasteiger partial charge in [-0.3, -0.25) is 4.79 Å². The number of hydrogen-bond donors (Lipinski definition) is 2. The van der Waals surface area contributed by atoms with Crippen LogP contribution in [0.4, 0.5) is 0 Å². The monoisotopic (exact) mass is 289 g/mol. The van der Waals surface area contributed by atoms with Crippen LogP contribution in [0.25, 0.3) is 0 Å². The molecule has 112 valence electrons. The van der Waals surface area contributed by atoms with Gasteiger partial charge >= 0.3 is 0 Å². The average molecular weight is 289 g/mol. The van der Waals surface area contributed by atoms with E-state index in [-0.39, 0.29) is 5.91 Å². The van der Waals surface area contributed by atoms with Crippen molar-refractivity contribution in [3.05, 3.63) is 42.0 Å². The number of rotatable bonds is 7. The van der Waals surface area contributed by atoms with Gasteiger partial charge in [-0.1, -0.05) is 0 Å². The van der Waals surface area contributed by atoms with E-state index in [9.17, 15) is 4.79 Å². The zero-order valence-electron chi connectivity index (χ0n) is 12.2. The van der Waals surface area contributed by atoms with Gasteiger partial charge in [0.25, 0.3) is 5.91 Å². The van der Waals surface area contributed by atoms with Crippen molar-refractivity contribution in [3.63, 3.8) is 0 Å². The van der Waals surface area contributed by atoms with Crippen LogP contribution in [0.5, 0.6) is 11.5 Å². The number of ether oxygens (including phenoxy) is 2. The minimum absolute atomic E-state index is 0.148. The molecule has 2 N–H and O–H groups in total. The van der Waals surface area contributed by atoms with Gasteiger partial charge in [0, 0.05) is 30.9 Å². The first-order valence-corrected chi connectivity index (χ1v) is 6.82. The third-order valence-electron chi connectivity index (χ3n) is 2.93. The van der Waals surface area contributed by atoms with E-state index in [2.05, 4.69) is 15.3 Å². The largest absolute Gasteiger partial charge is 0.493 e. The summed E-state index contributed by atoms with van der Waals surface area (Å²) in [6.45, 7) is 2.91. The number of nitrogens with zero attached hydrogens (tertiary/aromatic N) is 1. The summed E-state index contributed by atoms with van der Waals surface area (Å²) < 4.78 is 10.7. The van der Waals surface area contributed by atoms with E-state index in [1.54, 1.807) is 37.7 Å². The highest BCUT2D eigenvalue weighted by molar-refractivity contribution is 5.94. The van der Waals surface area contributed by atoms with Crippen molar-refractivity contribution in [1.82, 2.24) is 15.3 Å². The van der Waals surface area contributed by atoms with Crippen molar-refractivity contribution in [2.75, 3.05) is 20.3 Å². The molecule has 0 fully saturated rings. The molecule has 0 unspecified atom stereocenters. The molecule has 0 aliphatic heterocycles. The van der Waals surface area contributed by atoms with Gasteiger partial charge in [0.15, 0.2) is 11.5 Å². The Kier molecular flexibility index (Phi) is 5.20. The van der Waals surface area contributed by atoms with Crippen molar-refractivity contribution in [3.8, 4) is 11.5 Å². The Morgan fingerprint density at radius 2 is 2.24 bits per heavy atom. The smallest absolute Gasteiger partial charge is 0.251 e. The minimum atomic E-state index is -0.148. The molecule has 1 aromatic heterocycles. The first kappa shape index (κ1) is 14.9. The maximum Gasteiger partial charge on any atom is 0.251 e. The molecule has 21 heavy (non-hydrogen) atoms. The molecule has 0 atom stereocenters. The van der Waals surface area contributed by atoms with E-state index < -0.39 is 0 Å². The van der Waals surface area contributed by atoms with E-state index in [0.29, 0.717) is 36.6 Å². The van der Waals surface area contributed by atoms with Crippen molar-refractivity contribution in [2.24, 2.45) is 0 Å². The second-order valence-corrected chi connectivity index (χ2v) is 4.34. The Bertz CT molecular complexity index is 582. The fourth-order valence-corrected chi connectivity index (χ4v) is 1.92. The molecular weight excluding hydrogens is 270 g/mol. The summed E-state index contributed by atoms with van der Waals surface area (Å²) in [5.74, 6) is 1.88. The molecule has 0 radical (unpaired) electrons. The molecule has 1 heterocycles. The van der Waals surface area contributed by atoms with Crippen LogP contribution in [0.1, 0.15) is 23.1 Å². The second-order valence-electron chi connectivity index (χ2n) is 4.34. The molecular formula is C15H19N3O3. The number of carbonyl (C=O) groups is 1. The maximum atomic E-state index is 12.1. The van der Waals surface area contributed by atoms with Crippen LogP contribution in [-0.4, -0.2) is 36.1 Å². The van der Waals surface area contributed by atoms with Gasteiger partial charge in [-0.25, -0.2) is 4.98 Å². The van der Waals surface area contributed by atoms with E-state index in [1.807, 2.05) is 6.92 Å². The fraction of sp³-hybridized carbons (Fsp3) is 0.333. The number of aromatic nitrogens is 2. The van der Waals surface area contributed by atoms with Gasteiger partial charge in [-0.15, -0.1) is 0 Å². The minimum Gasteiger partial charge on any atom is -0.493 e. The van der Waals surface area contributed by atoms with Crippen LogP contribution in [0.15, 0.2) is 30.6 Å². The first-order valence-electron chi connectivity index (χ1n) is 6.82. The normalized spacial score (nSPS) is 10.2. The SMILES string of the molecule is CCOc1cc(C(=O)NCCc2ncc[nH]2)ccc1OC. The summed E-state index contributed by atoms with van der Waals surface area (Å²) in [6, 6.07) is 5.13.